The summed E-state index contributed by atoms with van der Waals surface area (Å²) in [4.78, 5) is 8.75. The number of hydrogen-bond donors (Lipinski definition) is 0. The molecule has 0 spiro atoms. The van der Waals surface area contributed by atoms with Crippen LogP contribution in [-0.2, 0) is 20.1 Å². The van der Waals surface area contributed by atoms with Crippen LogP contribution in [0.25, 0.3) is 66.9 Å². The normalized spacial score (nSPS) is 13.4. The molecule has 8 aromatic rings. The zero-order valence-electron chi connectivity index (χ0n) is 35.0. The van der Waals surface area contributed by atoms with E-state index in [-0.39, 0.29) is 54.5 Å². The van der Waals surface area contributed by atoms with Gasteiger partial charge in [0, 0.05) is 68.7 Å². The Morgan fingerprint density at radius 3 is 2.19 bits per heavy atom. The van der Waals surface area contributed by atoms with Gasteiger partial charge in [0.05, 0.1) is 5.58 Å². The van der Waals surface area contributed by atoms with Gasteiger partial charge in [0.15, 0.2) is 11.4 Å². The minimum Gasteiger partial charge on any atom is -0.498 e. The maximum absolute atomic E-state index is 14.5. The molecule has 6 heteroatoms. The first-order chi connectivity index (χ1) is 27.1. The molecule has 52 heavy (non-hydrogen) atoms. The maximum Gasteiger partial charge on any atom is 0.165 e. The van der Waals surface area contributed by atoms with E-state index in [1.807, 2.05) is 48.7 Å². The number of fused-ring (bicyclic) bond motifs is 3. The molecule has 0 aliphatic rings. The second kappa shape index (κ2) is 15.6. The summed E-state index contributed by atoms with van der Waals surface area (Å²) in [6, 6.07) is 36.8. The van der Waals surface area contributed by atoms with Crippen molar-refractivity contribution in [2.45, 2.75) is 53.2 Å². The van der Waals surface area contributed by atoms with Crippen molar-refractivity contribution in [2.75, 3.05) is 0 Å². The zero-order valence-corrected chi connectivity index (χ0v) is 31.4. The molecule has 4 aromatic carbocycles. The van der Waals surface area contributed by atoms with Crippen molar-refractivity contribution in [3.05, 3.63) is 156 Å². The summed E-state index contributed by atoms with van der Waals surface area (Å²) in [6.45, 7) is 4.37. The zero-order chi connectivity index (χ0) is 40.6. The molecule has 0 amide bonds. The van der Waals surface area contributed by atoms with Gasteiger partial charge in [-0.15, -0.1) is 53.6 Å². The Morgan fingerprint density at radius 2 is 1.50 bits per heavy atom. The summed E-state index contributed by atoms with van der Waals surface area (Å²) < 4.78 is 70.8. The van der Waals surface area contributed by atoms with Gasteiger partial charge >= 0.3 is 0 Å². The second-order valence-corrected chi connectivity index (χ2v) is 12.9. The van der Waals surface area contributed by atoms with Gasteiger partial charge in [-0.25, -0.2) is 4.39 Å². The van der Waals surface area contributed by atoms with Crippen molar-refractivity contribution < 1.29 is 41.6 Å². The predicted octanol–water partition coefficient (Wildman–Crippen LogP) is 12.9. The van der Waals surface area contributed by atoms with E-state index in [4.69, 9.17) is 17.1 Å². The number of pyridine rings is 2. The van der Waals surface area contributed by atoms with Gasteiger partial charge in [-0.3, -0.25) is 0 Å². The van der Waals surface area contributed by atoms with Crippen molar-refractivity contribution in [1.82, 2.24) is 9.97 Å². The Balaban J connectivity index is 0.000000230. The van der Waals surface area contributed by atoms with Crippen LogP contribution >= 0.6 is 0 Å². The third-order valence-electron chi connectivity index (χ3n) is 8.68. The molecule has 0 saturated heterocycles. The number of hydrogen-bond acceptors (Lipinski definition) is 4. The minimum absolute atomic E-state index is 0. The van der Waals surface area contributed by atoms with Crippen LogP contribution in [0.15, 0.2) is 124 Å². The van der Waals surface area contributed by atoms with Gasteiger partial charge in [0.1, 0.15) is 11.5 Å². The van der Waals surface area contributed by atoms with Gasteiger partial charge in [0.25, 0.3) is 0 Å². The van der Waals surface area contributed by atoms with E-state index < -0.39 is 13.7 Å². The molecule has 0 aliphatic carbocycles. The van der Waals surface area contributed by atoms with Crippen LogP contribution in [0, 0.1) is 31.7 Å². The van der Waals surface area contributed by atoms with Crippen LogP contribution in [0.2, 0.25) is 0 Å². The molecule has 0 bridgehead atoms. The first-order valence-electron chi connectivity index (χ1n) is 19.8. The smallest absolute Gasteiger partial charge is 0.165 e. The third kappa shape index (κ3) is 7.27. The molecule has 0 aliphatic heterocycles. The number of furan rings is 2. The maximum atomic E-state index is 14.5. The van der Waals surface area contributed by atoms with Crippen molar-refractivity contribution in [3.63, 3.8) is 0 Å². The molecule has 0 N–H and O–H groups in total. The van der Waals surface area contributed by atoms with Gasteiger partial charge in [-0.05, 0) is 47.4 Å². The summed E-state index contributed by atoms with van der Waals surface area (Å²) >= 11 is 0. The SMILES string of the molecule is CC(C)c1oc(-c2ccccc2)c(C(C)C)c1-c1ccnc(-c2[c-]ccc3c2oc2c(F)cccc23)c1.[2H]C([2H])([2H])c1c[c-]c(-c2ccc(C([2H])([2H])[2H])cn2)cc1.[Ir]. The van der Waals surface area contributed by atoms with Crippen molar-refractivity contribution in [1.29, 1.82) is 0 Å². The predicted molar refractivity (Wildman–Crippen MR) is 205 cm³/mol. The van der Waals surface area contributed by atoms with Crippen molar-refractivity contribution in [3.8, 4) is 45.0 Å². The number of aromatic nitrogens is 2. The number of nitrogens with zero attached hydrogens (tertiary/aromatic N) is 2. The molecule has 1 radical (unpaired) electrons. The Morgan fingerprint density at radius 1 is 0.712 bits per heavy atom. The van der Waals surface area contributed by atoms with Crippen LogP contribution in [0.4, 0.5) is 4.39 Å². The standard InChI is InChI=1S/C33H27FNO2.C13H12N.Ir/c1-19(2)28-29(30(20(3)4)36-31(28)21-10-6-5-7-11-21)22-16-17-35-27(18-22)25-14-8-12-23-24-13-9-15-26(34)33(24)37-32(23)25;1-10-3-6-12(7-4-10)13-8-5-11(2)9-14-13;/h5-13,15-20H,1-4H3;3-6,8-9H,1-2H3;/q2*-1;/i;1D3,2D3;. The Bertz CT molecular complexity index is 2610. The van der Waals surface area contributed by atoms with E-state index in [1.54, 1.807) is 18.2 Å². The van der Waals surface area contributed by atoms with Crippen LogP contribution in [0.1, 0.15) is 70.2 Å². The van der Waals surface area contributed by atoms with Gasteiger partial charge in [-0.1, -0.05) is 106 Å². The van der Waals surface area contributed by atoms with Crippen LogP contribution in [-0.4, -0.2) is 9.97 Å². The molecule has 0 atom stereocenters. The fourth-order valence-corrected chi connectivity index (χ4v) is 6.30. The topological polar surface area (TPSA) is 52.1 Å². The number of para-hydroxylation sites is 1. The van der Waals surface area contributed by atoms with Crippen LogP contribution < -0.4 is 0 Å². The summed E-state index contributed by atoms with van der Waals surface area (Å²) in [5, 5.41) is 1.59. The monoisotopic (exact) mass is 869 g/mol. The van der Waals surface area contributed by atoms with Crippen molar-refractivity contribution >= 4 is 21.9 Å². The fourth-order valence-electron chi connectivity index (χ4n) is 6.30. The first-order valence-corrected chi connectivity index (χ1v) is 16.8. The quantitative estimate of drug-likeness (QED) is 0.156. The Labute approximate surface area is 326 Å². The number of halogens is 1. The molecule has 8 rings (SSSR count). The van der Waals surface area contributed by atoms with Gasteiger partial charge in [0.2, 0.25) is 0 Å². The molecule has 263 valence electrons. The molecule has 0 unspecified atom stereocenters. The number of benzene rings is 4. The van der Waals surface area contributed by atoms with E-state index in [2.05, 4.69) is 68.0 Å². The largest absolute Gasteiger partial charge is 0.498 e. The molecular formula is C46H39FIrN2O2-2. The molecule has 4 nitrogen and oxygen atoms in total. The van der Waals surface area contributed by atoms with Crippen LogP contribution in [0.5, 0.6) is 0 Å². The minimum atomic E-state index is -2.18. The average molecular weight is 869 g/mol. The average Bonchev–Trinajstić information content (AvgIpc) is 3.79. The van der Waals surface area contributed by atoms with Gasteiger partial charge < -0.3 is 18.8 Å². The third-order valence-corrected chi connectivity index (χ3v) is 8.68. The summed E-state index contributed by atoms with van der Waals surface area (Å²) in [5.41, 5.74) is 8.18. The molecule has 4 heterocycles. The summed E-state index contributed by atoms with van der Waals surface area (Å²) in [5.74, 6) is 1.92. The van der Waals surface area contributed by atoms with E-state index >= 15 is 0 Å². The van der Waals surface area contributed by atoms with Crippen LogP contribution in [0.3, 0.4) is 0 Å². The fraction of sp³-hybridized carbons (Fsp3) is 0.174. The van der Waals surface area contributed by atoms with E-state index in [0.717, 1.165) is 44.7 Å². The van der Waals surface area contributed by atoms with Gasteiger partial charge in [-0.2, -0.15) is 0 Å². The number of rotatable bonds is 6. The summed E-state index contributed by atoms with van der Waals surface area (Å²) in [7, 11) is 0. The van der Waals surface area contributed by atoms with Crippen molar-refractivity contribution in [2.24, 2.45) is 0 Å². The number of aryl methyl sites for hydroxylation is 2. The molecular weight excluding hydrogens is 824 g/mol. The molecule has 0 fully saturated rings. The Hall–Kier alpha value is -5.16. The second-order valence-electron chi connectivity index (χ2n) is 12.9. The van der Waals surface area contributed by atoms with E-state index in [9.17, 15) is 4.39 Å². The molecule has 4 aromatic heterocycles. The van der Waals surface area contributed by atoms with E-state index in [0.29, 0.717) is 22.4 Å². The molecule has 0 saturated carbocycles. The first kappa shape index (κ1) is 29.4. The van der Waals surface area contributed by atoms with E-state index in [1.165, 1.54) is 36.0 Å². The summed E-state index contributed by atoms with van der Waals surface area (Å²) in [6.07, 6.45) is 3.11. The Kier molecular flexibility index (Phi) is 8.83.